The fourth-order valence-corrected chi connectivity index (χ4v) is 5.61. The number of aryl methyl sites for hydroxylation is 1. The van der Waals surface area contributed by atoms with Crippen LogP contribution in [0.15, 0.2) is 53.4 Å². The lowest BCUT2D eigenvalue weighted by Crippen LogP contribution is -2.23. The van der Waals surface area contributed by atoms with Crippen LogP contribution in [0.3, 0.4) is 0 Å². The Bertz CT molecular complexity index is 1300. The lowest BCUT2D eigenvalue weighted by atomic mass is 9.92. The van der Waals surface area contributed by atoms with Crippen LogP contribution in [0, 0.1) is 12.7 Å². The number of carbonyl (C=O) groups excluding carboxylic acids is 1. The molecule has 29 heavy (non-hydrogen) atoms. The first-order valence-electron chi connectivity index (χ1n) is 9.06. The van der Waals surface area contributed by atoms with E-state index in [0.29, 0.717) is 22.2 Å². The maximum atomic E-state index is 14.1. The third-order valence-electron chi connectivity index (χ3n) is 5.24. The Labute approximate surface area is 168 Å². The second-order valence-corrected chi connectivity index (χ2v) is 9.53. The van der Waals surface area contributed by atoms with Gasteiger partial charge in [-0.2, -0.15) is 0 Å². The molecule has 0 N–H and O–H groups in total. The molecule has 0 unspecified atom stereocenters. The number of carbonyl (C=O) groups is 1. The molecule has 1 aromatic heterocycles. The zero-order chi connectivity index (χ0) is 21.1. The summed E-state index contributed by atoms with van der Waals surface area (Å²) in [5.41, 5.74) is 1.52. The number of benzene rings is 2. The smallest absolute Gasteiger partial charge is 0.338 e. The van der Waals surface area contributed by atoms with E-state index in [1.807, 2.05) is 20.8 Å². The second-order valence-electron chi connectivity index (χ2n) is 7.74. The number of rotatable bonds is 3. The maximum Gasteiger partial charge on any atom is 0.338 e. The van der Waals surface area contributed by atoms with Gasteiger partial charge in [-0.3, -0.25) is 0 Å². The first-order chi connectivity index (χ1) is 13.6. The number of allylic oxidation sites excluding steroid dienone is 1. The number of methoxy groups -OCH3 is 1. The lowest BCUT2D eigenvalue weighted by Gasteiger charge is -2.21. The number of esters is 1. The van der Waals surface area contributed by atoms with Crippen molar-refractivity contribution in [1.82, 2.24) is 3.97 Å². The Kier molecular flexibility index (Phi) is 4.20. The van der Waals surface area contributed by atoms with Crippen molar-refractivity contribution in [3.8, 4) is 0 Å². The van der Waals surface area contributed by atoms with Crippen LogP contribution in [0.5, 0.6) is 0 Å². The minimum Gasteiger partial charge on any atom is -0.465 e. The summed E-state index contributed by atoms with van der Waals surface area (Å²) in [5.74, 6) is -1.10. The van der Waals surface area contributed by atoms with Crippen molar-refractivity contribution in [1.29, 1.82) is 0 Å². The summed E-state index contributed by atoms with van der Waals surface area (Å²) < 4.78 is 47.5. The van der Waals surface area contributed by atoms with E-state index in [1.54, 1.807) is 30.3 Å². The fourth-order valence-electron chi connectivity index (χ4n) is 3.93. The second kappa shape index (κ2) is 6.29. The van der Waals surface area contributed by atoms with Gasteiger partial charge in [-0.15, -0.1) is 0 Å². The Balaban J connectivity index is 2.13. The summed E-state index contributed by atoms with van der Waals surface area (Å²) in [6, 6.07) is 10.4. The first kappa shape index (κ1) is 19.4. The van der Waals surface area contributed by atoms with Gasteiger partial charge in [0.15, 0.2) is 0 Å². The van der Waals surface area contributed by atoms with Crippen molar-refractivity contribution in [3.05, 3.63) is 71.2 Å². The maximum absolute atomic E-state index is 14.1. The minimum atomic E-state index is -4.00. The number of hydrogen-bond donors (Lipinski definition) is 0. The average molecular weight is 413 g/mol. The molecule has 1 aliphatic carbocycles. The topological polar surface area (TPSA) is 65.4 Å². The number of nitrogens with zero attached hydrogens (tertiary/aromatic N) is 1. The molecule has 3 aromatic rings. The number of fused-ring (bicyclic) bond motifs is 3. The minimum absolute atomic E-state index is 0.120. The van der Waals surface area contributed by atoms with Gasteiger partial charge >= 0.3 is 5.97 Å². The first-order valence-corrected chi connectivity index (χ1v) is 10.5. The average Bonchev–Trinajstić information content (AvgIpc) is 3.14. The van der Waals surface area contributed by atoms with Crippen molar-refractivity contribution in [2.45, 2.75) is 31.1 Å². The summed E-state index contributed by atoms with van der Waals surface area (Å²) in [4.78, 5) is 12.5. The van der Waals surface area contributed by atoms with Crippen LogP contribution in [0.4, 0.5) is 4.39 Å². The molecule has 0 aliphatic heterocycles. The van der Waals surface area contributed by atoms with Gasteiger partial charge in [0.1, 0.15) is 5.82 Å². The molecule has 0 saturated carbocycles. The molecule has 0 spiro atoms. The molecule has 0 atom stereocenters. The molecule has 5 nitrogen and oxygen atoms in total. The van der Waals surface area contributed by atoms with E-state index >= 15 is 0 Å². The predicted molar refractivity (Wildman–Crippen MR) is 109 cm³/mol. The van der Waals surface area contributed by atoms with Crippen molar-refractivity contribution in [2.75, 3.05) is 7.11 Å². The van der Waals surface area contributed by atoms with Crippen molar-refractivity contribution < 1.29 is 22.3 Å². The molecular formula is C22H20FNO4S. The third kappa shape index (κ3) is 2.80. The molecule has 0 saturated heterocycles. The van der Waals surface area contributed by atoms with Gasteiger partial charge in [-0.05, 0) is 37.3 Å². The lowest BCUT2D eigenvalue weighted by molar-refractivity contribution is -0.133. The quantitative estimate of drug-likeness (QED) is 0.605. The van der Waals surface area contributed by atoms with E-state index < -0.39 is 27.2 Å². The zero-order valence-electron chi connectivity index (χ0n) is 16.5. The van der Waals surface area contributed by atoms with Crippen molar-refractivity contribution in [3.63, 3.8) is 0 Å². The van der Waals surface area contributed by atoms with Gasteiger partial charge in [-0.1, -0.05) is 37.6 Å². The standard InChI is InChI=1S/C22H20FNO4S/c1-13-5-8-15(9-6-13)29(26,27)24-18-10-7-14(23)11-16(18)19-17(21(25)28-4)12-22(2,3)20(19)24/h5-12H,1-4H3. The fraction of sp³-hybridized carbons (Fsp3) is 0.227. The summed E-state index contributed by atoms with van der Waals surface area (Å²) in [7, 11) is -2.73. The normalized spacial score (nSPS) is 15.3. The van der Waals surface area contributed by atoms with Gasteiger partial charge in [0, 0.05) is 16.4 Å². The van der Waals surface area contributed by atoms with E-state index in [9.17, 15) is 17.6 Å². The molecule has 0 bridgehead atoms. The molecule has 4 rings (SSSR count). The molecule has 1 heterocycles. The zero-order valence-corrected chi connectivity index (χ0v) is 17.3. The monoisotopic (exact) mass is 413 g/mol. The van der Waals surface area contributed by atoms with Crippen LogP contribution in [0.1, 0.15) is 30.7 Å². The SMILES string of the molecule is COC(=O)C1=CC(C)(C)c2c1c1cc(F)ccc1n2S(=O)(=O)c1ccc(C)cc1. The van der Waals surface area contributed by atoms with Crippen molar-refractivity contribution in [2.24, 2.45) is 0 Å². The third-order valence-corrected chi connectivity index (χ3v) is 6.96. The Morgan fingerprint density at radius 1 is 1.10 bits per heavy atom. The van der Waals surface area contributed by atoms with Crippen LogP contribution >= 0.6 is 0 Å². The van der Waals surface area contributed by atoms with Gasteiger partial charge in [0.25, 0.3) is 10.0 Å². The highest BCUT2D eigenvalue weighted by Gasteiger charge is 2.42. The van der Waals surface area contributed by atoms with Crippen LogP contribution in [-0.4, -0.2) is 25.5 Å². The van der Waals surface area contributed by atoms with Crippen LogP contribution < -0.4 is 0 Å². The molecule has 0 radical (unpaired) electrons. The number of halogens is 1. The highest BCUT2D eigenvalue weighted by atomic mass is 32.2. The number of hydrogen-bond acceptors (Lipinski definition) is 4. The molecule has 1 aliphatic rings. The largest absolute Gasteiger partial charge is 0.465 e. The van der Waals surface area contributed by atoms with Gasteiger partial charge in [-0.25, -0.2) is 21.6 Å². The predicted octanol–water partition coefficient (Wildman–Crippen LogP) is 4.17. The number of ether oxygens (including phenoxy) is 1. The Morgan fingerprint density at radius 2 is 1.76 bits per heavy atom. The van der Waals surface area contributed by atoms with E-state index in [4.69, 9.17) is 4.74 Å². The van der Waals surface area contributed by atoms with Crippen LogP contribution in [0.2, 0.25) is 0 Å². The summed E-state index contributed by atoms with van der Waals surface area (Å²) in [5, 5.41) is 0.359. The summed E-state index contributed by atoms with van der Waals surface area (Å²) in [6.45, 7) is 5.51. The Morgan fingerprint density at radius 3 is 2.38 bits per heavy atom. The van der Waals surface area contributed by atoms with Crippen LogP contribution in [-0.2, 0) is 25.0 Å². The molecule has 0 amide bonds. The van der Waals surface area contributed by atoms with Gasteiger partial charge < -0.3 is 4.74 Å². The Hall–Kier alpha value is -2.93. The molecular weight excluding hydrogens is 393 g/mol. The van der Waals surface area contributed by atoms with E-state index in [0.717, 1.165) is 5.56 Å². The van der Waals surface area contributed by atoms with Crippen molar-refractivity contribution >= 4 is 32.5 Å². The molecule has 150 valence electrons. The van der Waals surface area contributed by atoms with Gasteiger partial charge in [0.05, 0.1) is 28.8 Å². The van der Waals surface area contributed by atoms with E-state index in [2.05, 4.69) is 0 Å². The number of aromatic nitrogens is 1. The molecule has 2 aromatic carbocycles. The highest BCUT2D eigenvalue weighted by Crippen LogP contribution is 2.47. The van der Waals surface area contributed by atoms with Gasteiger partial charge in [0.2, 0.25) is 0 Å². The van der Waals surface area contributed by atoms with E-state index in [-0.39, 0.29) is 10.5 Å². The van der Waals surface area contributed by atoms with Crippen LogP contribution in [0.25, 0.3) is 16.5 Å². The summed E-state index contributed by atoms with van der Waals surface area (Å²) >= 11 is 0. The molecule has 7 heteroatoms. The summed E-state index contributed by atoms with van der Waals surface area (Å²) in [6.07, 6.45) is 1.68. The van der Waals surface area contributed by atoms with E-state index in [1.165, 1.54) is 29.3 Å². The highest BCUT2D eigenvalue weighted by molar-refractivity contribution is 7.90. The molecule has 0 fully saturated rings.